The van der Waals surface area contributed by atoms with Crippen LogP contribution in [0.2, 0.25) is 5.02 Å². The summed E-state index contributed by atoms with van der Waals surface area (Å²) in [6, 6.07) is 15.1. The average Bonchev–Trinajstić information content (AvgIpc) is 2.71. The molecular weight excluding hydrogens is 418 g/mol. The monoisotopic (exact) mass is 441 g/mol. The molecule has 0 saturated carbocycles. The third kappa shape index (κ3) is 4.69. The van der Waals surface area contributed by atoms with Crippen molar-refractivity contribution in [3.8, 4) is 17.6 Å². The van der Waals surface area contributed by atoms with Gasteiger partial charge in [0.25, 0.3) is 0 Å². The first-order valence-electron chi connectivity index (χ1n) is 9.51. The molecule has 0 aliphatic carbocycles. The Kier molecular flexibility index (Phi) is 6.55. The van der Waals surface area contributed by atoms with Crippen LogP contribution in [-0.2, 0) is 6.61 Å². The van der Waals surface area contributed by atoms with Crippen LogP contribution < -0.4 is 20.1 Å². The first kappa shape index (κ1) is 21.9. The van der Waals surface area contributed by atoms with Gasteiger partial charge < -0.3 is 20.1 Å². The maximum absolute atomic E-state index is 9.86. The quantitative estimate of drug-likeness (QED) is 0.616. The van der Waals surface area contributed by atoms with Crippen LogP contribution in [0.15, 0.2) is 53.7 Å². The van der Waals surface area contributed by atoms with Gasteiger partial charge in [-0.2, -0.15) is 5.26 Å². The first-order chi connectivity index (χ1) is 14.2. The van der Waals surface area contributed by atoms with E-state index < -0.39 is 0 Å². The fraction of sp³-hybridized carbons (Fsp3) is 0.304. The number of hydrogen-bond acceptors (Lipinski definition) is 4. The molecular formula is C23H24ClN3O2S. The molecule has 5 nitrogen and oxygen atoms in total. The van der Waals surface area contributed by atoms with Crippen molar-refractivity contribution in [1.29, 1.82) is 5.26 Å². The number of methoxy groups -OCH3 is 1. The number of benzene rings is 2. The maximum Gasteiger partial charge on any atom is 0.171 e. The molecule has 156 valence electrons. The van der Waals surface area contributed by atoms with Gasteiger partial charge in [-0.15, -0.1) is 0 Å². The molecule has 1 heterocycles. The molecule has 0 spiro atoms. The lowest BCUT2D eigenvalue weighted by Crippen LogP contribution is -2.46. The Bertz CT molecular complexity index is 1040. The minimum atomic E-state index is -0.371. The number of nitrogens with zero attached hydrogens (tertiary/aromatic N) is 1. The average molecular weight is 442 g/mol. The van der Waals surface area contributed by atoms with Gasteiger partial charge in [0.2, 0.25) is 0 Å². The minimum Gasteiger partial charge on any atom is -0.493 e. The van der Waals surface area contributed by atoms with Gasteiger partial charge in [-0.1, -0.05) is 56.6 Å². The van der Waals surface area contributed by atoms with Gasteiger partial charge in [0.05, 0.1) is 24.8 Å². The summed E-state index contributed by atoms with van der Waals surface area (Å²) in [5, 5.41) is 17.3. The summed E-state index contributed by atoms with van der Waals surface area (Å²) in [6.45, 7) is 6.46. The summed E-state index contributed by atoms with van der Waals surface area (Å²) >= 11 is 11.6. The summed E-state index contributed by atoms with van der Waals surface area (Å²) in [5.74, 6) is 1.16. The number of allylic oxidation sites excluding steroid dienone is 1. The fourth-order valence-electron chi connectivity index (χ4n) is 3.28. The highest BCUT2D eigenvalue weighted by Crippen LogP contribution is 2.37. The van der Waals surface area contributed by atoms with E-state index in [4.69, 9.17) is 33.3 Å². The molecule has 0 saturated heterocycles. The molecule has 0 aromatic heterocycles. The van der Waals surface area contributed by atoms with Crippen molar-refractivity contribution in [1.82, 2.24) is 10.6 Å². The lowest BCUT2D eigenvalue weighted by atomic mass is 9.84. The number of nitrogens with one attached hydrogen (secondary N) is 2. The van der Waals surface area contributed by atoms with Crippen LogP contribution in [0.25, 0.3) is 0 Å². The van der Waals surface area contributed by atoms with Crippen molar-refractivity contribution in [3.63, 3.8) is 0 Å². The largest absolute Gasteiger partial charge is 0.493 e. The van der Waals surface area contributed by atoms with Crippen LogP contribution in [-0.4, -0.2) is 12.2 Å². The predicted molar refractivity (Wildman–Crippen MR) is 122 cm³/mol. The summed E-state index contributed by atoms with van der Waals surface area (Å²) in [6.07, 6.45) is 0. The SMILES string of the molecule is COc1cc([C@@H]2NC(=S)NC(C(C)(C)C)=C2C#N)ccc1OCc1ccccc1Cl. The molecule has 0 bridgehead atoms. The third-order valence-corrected chi connectivity index (χ3v) is 5.39. The van der Waals surface area contributed by atoms with Gasteiger partial charge in [-0.05, 0) is 36.0 Å². The fourth-order valence-corrected chi connectivity index (χ4v) is 3.69. The van der Waals surface area contributed by atoms with Crippen LogP contribution in [0.5, 0.6) is 11.5 Å². The van der Waals surface area contributed by atoms with E-state index in [1.165, 1.54) is 0 Å². The van der Waals surface area contributed by atoms with Crippen molar-refractivity contribution in [2.45, 2.75) is 33.4 Å². The van der Waals surface area contributed by atoms with Crippen molar-refractivity contribution in [2.75, 3.05) is 7.11 Å². The number of rotatable bonds is 5. The van der Waals surface area contributed by atoms with Crippen molar-refractivity contribution in [3.05, 3.63) is 69.9 Å². The summed E-state index contributed by atoms with van der Waals surface area (Å²) in [7, 11) is 1.59. The standard InChI is InChI=1S/C23H24ClN3O2S/c1-23(2,3)21-16(12-25)20(26-22(30)27-21)14-9-10-18(19(11-14)28-4)29-13-15-7-5-6-8-17(15)24/h5-11,20H,13H2,1-4H3,(H2,26,27,30)/t20-/m0/s1. The molecule has 30 heavy (non-hydrogen) atoms. The molecule has 0 fully saturated rings. The van der Waals surface area contributed by atoms with Crippen molar-refractivity contribution in [2.24, 2.45) is 5.41 Å². The van der Waals surface area contributed by atoms with Crippen LogP contribution in [0, 0.1) is 16.7 Å². The zero-order valence-electron chi connectivity index (χ0n) is 17.4. The normalized spacial score (nSPS) is 16.4. The number of hydrogen-bond donors (Lipinski definition) is 2. The zero-order chi connectivity index (χ0) is 21.9. The Hall–Kier alpha value is -2.75. The highest BCUT2D eigenvalue weighted by atomic mass is 35.5. The maximum atomic E-state index is 9.86. The molecule has 0 unspecified atom stereocenters. The Labute approximate surface area is 187 Å². The lowest BCUT2D eigenvalue weighted by molar-refractivity contribution is 0.284. The van der Waals surface area contributed by atoms with Gasteiger partial charge in [0.1, 0.15) is 6.61 Å². The number of nitriles is 1. The van der Waals surface area contributed by atoms with E-state index in [0.717, 1.165) is 16.8 Å². The highest BCUT2D eigenvalue weighted by molar-refractivity contribution is 7.80. The molecule has 1 aliphatic rings. The van der Waals surface area contributed by atoms with Crippen molar-refractivity contribution < 1.29 is 9.47 Å². The van der Waals surface area contributed by atoms with E-state index in [9.17, 15) is 5.26 Å². The Morgan fingerprint density at radius 1 is 1.17 bits per heavy atom. The minimum absolute atomic E-state index is 0.252. The van der Waals surface area contributed by atoms with Gasteiger partial charge in [-0.25, -0.2) is 0 Å². The Balaban J connectivity index is 1.93. The second-order valence-corrected chi connectivity index (χ2v) is 8.79. The second kappa shape index (κ2) is 8.95. The summed E-state index contributed by atoms with van der Waals surface area (Å²) in [5.41, 5.74) is 2.91. The smallest absolute Gasteiger partial charge is 0.171 e. The first-order valence-corrected chi connectivity index (χ1v) is 10.3. The lowest BCUT2D eigenvalue weighted by Gasteiger charge is -2.35. The second-order valence-electron chi connectivity index (χ2n) is 7.97. The van der Waals surface area contributed by atoms with Crippen LogP contribution >= 0.6 is 23.8 Å². The molecule has 2 aromatic rings. The molecule has 2 N–H and O–H groups in total. The summed E-state index contributed by atoms with van der Waals surface area (Å²) in [4.78, 5) is 0. The highest BCUT2D eigenvalue weighted by Gasteiger charge is 2.32. The van der Waals surface area contributed by atoms with E-state index in [2.05, 4.69) is 16.7 Å². The van der Waals surface area contributed by atoms with E-state index >= 15 is 0 Å². The number of thiocarbonyl (C=S) groups is 1. The van der Waals surface area contributed by atoms with Gasteiger partial charge >= 0.3 is 0 Å². The number of ether oxygens (including phenoxy) is 2. The molecule has 1 aliphatic heterocycles. The van der Waals surface area contributed by atoms with E-state index in [1.807, 2.05) is 63.2 Å². The topological polar surface area (TPSA) is 66.3 Å². The Morgan fingerprint density at radius 3 is 2.53 bits per heavy atom. The van der Waals surface area contributed by atoms with E-state index in [-0.39, 0.29) is 11.5 Å². The van der Waals surface area contributed by atoms with Crippen molar-refractivity contribution >= 4 is 28.9 Å². The number of halogens is 1. The van der Waals surface area contributed by atoms with Crippen LogP contribution in [0.3, 0.4) is 0 Å². The van der Waals surface area contributed by atoms with Gasteiger partial charge in [-0.3, -0.25) is 0 Å². The van der Waals surface area contributed by atoms with Crippen LogP contribution in [0.1, 0.15) is 37.9 Å². The van der Waals surface area contributed by atoms with Gasteiger partial charge in [0, 0.05) is 21.7 Å². The molecule has 2 aromatic carbocycles. The van der Waals surface area contributed by atoms with E-state index in [0.29, 0.717) is 33.8 Å². The zero-order valence-corrected chi connectivity index (χ0v) is 18.9. The molecule has 0 amide bonds. The molecule has 0 radical (unpaired) electrons. The Morgan fingerprint density at radius 2 is 1.90 bits per heavy atom. The molecule has 3 rings (SSSR count). The third-order valence-electron chi connectivity index (χ3n) is 4.80. The predicted octanol–water partition coefficient (Wildman–Crippen LogP) is 5.27. The van der Waals surface area contributed by atoms with Gasteiger partial charge in [0.15, 0.2) is 16.6 Å². The van der Waals surface area contributed by atoms with Crippen LogP contribution in [0.4, 0.5) is 0 Å². The molecule has 1 atom stereocenters. The summed E-state index contributed by atoms with van der Waals surface area (Å²) < 4.78 is 11.5. The van der Waals surface area contributed by atoms with E-state index in [1.54, 1.807) is 7.11 Å². The molecule has 7 heteroatoms.